The maximum atomic E-state index is 3.91. The molecule has 5 nitrogen and oxygen atoms in total. The van der Waals surface area contributed by atoms with Crippen molar-refractivity contribution in [1.82, 2.24) is 20.6 Å². The summed E-state index contributed by atoms with van der Waals surface area (Å²) < 4.78 is 0. The first-order chi connectivity index (χ1) is 6.90. The van der Waals surface area contributed by atoms with E-state index in [1.165, 1.54) is 0 Å². The monoisotopic (exact) mass is 189 g/mol. The van der Waals surface area contributed by atoms with E-state index in [9.17, 15) is 0 Å². The zero-order chi connectivity index (χ0) is 9.80. The molecule has 1 aromatic carbocycles. The number of nitrogens with one attached hydrogen (secondary N) is 2. The summed E-state index contributed by atoms with van der Waals surface area (Å²) in [6.07, 6.45) is 0.688. The number of aromatic amines is 1. The van der Waals surface area contributed by atoms with Crippen molar-refractivity contribution in [2.45, 2.75) is 6.42 Å². The van der Waals surface area contributed by atoms with Gasteiger partial charge in [0, 0.05) is 19.2 Å². The molecule has 0 saturated carbocycles. The van der Waals surface area contributed by atoms with Crippen LogP contribution in [0.15, 0.2) is 24.3 Å². The van der Waals surface area contributed by atoms with Crippen LogP contribution in [0.1, 0.15) is 11.4 Å². The van der Waals surface area contributed by atoms with Crippen molar-refractivity contribution in [2.75, 3.05) is 12.4 Å². The highest BCUT2D eigenvalue weighted by Gasteiger charge is 2.03. The zero-order valence-electron chi connectivity index (χ0n) is 7.86. The first kappa shape index (κ1) is 8.68. The highest BCUT2D eigenvalue weighted by atomic mass is 15.5. The van der Waals surface area contributed by atoms with Gasteiger partial charge in [0.05, 0.1) is 0 Å². The second-order valence-corrected chi connectivity index (χ2v) is 2.91. The number of nitrogens with zero attached hydrogens (tertiary/aromatic N) is 3. The van der Waals surface area contributed by atoms with Gasteiger partial charge in [-0.15, -0.1) is 10.2 Å². The Balaban J connectivity index is 2.24. The molecule has 2 N–H and O–H groups in total. The van der Waals surface area contributed by atoms with Crippen LogP contribution < -0.4 is 5.32 Å². The molecule has 1 aromatic heterocycles. The van der Waals surface area contributed by atoms with Gasteiger partial charge in [0.25, 0.3) is 0 Å². The predicted molar refractivity (Wildman–Crippen MR) is 53.0 cm³/mol. The Hall–Kier alpha value is -1.91. The lowest BCUT2D eigenvalue weighted by Gasteiger charge is -2.05. The number of rotatable bonds is 3. The highest BCUT2D eigenvalue weighted by molar-refractivity contribution is 5.51. The molecule has 0 aliphatic rings. The third kappa shape index (κ3) is 1.71. The first-order valence-corrected chi connectivity index (χ1v) is 4.38. The van der Waals surface area contributed by atoms with Gasteiger partial charge < -0.3 is 5.32 Å². The Labute approximate surface area is 81.5 Å². The van der Waals surface area contributed by atoms with Crippen molar-refractivity contribution < 1.29 is 0 Å². The van der Waals surface area contributed by atoms with Crippen molar-refractivity contribution in [2.24, 2.45) is 0 Å². The van der Waals surface area contributed by atoms with Gasteiger partial charge in [-0.2, -0.15) is 5.21 Å². The molecule has 0 aliphatic carbocycles. The molecule has 0 spiro atoms. The minimum atomic E-state index is 0.688. The lowest BCUT2D eigenvalue weighted by Crippen LogP contribution is -1.97. The number of anilines is 1. The van der Waals surface area contributed by atoms with E-state index in [1.54, 1.807) is 0 Å². The van der Waals surface area contributed by atoms with Gasteiger partial charge >= 0.3 is 0 Å². The maximum Gasteiger partial charge on any atom is 0.178 e. The van der Waals surface area contributed by atoms with Crippen molar-refractivity contribution in [3.05, 3.63) is 35.7 Å². The van der Waals surface area contributed by atoms with Gasteiger partial charge in [0.15, 0.2) is 5.82 Å². The molecule has 0 atom stereocenters. The van der Waals surface area contributed by atoms with E-state index in [0.717, 1.165) is 11.3 Å². The Morgan fingerprint density at radius 1 is 1.36 bits per heavy atom. The van der Waals surface area contributed by atoms with E-state index in [0.29, 0.717) is 12.2 Å². The molecule has 2 rings (SSSR count). The lowest BCUT2D eigenvalue weighted by molar-refractivity contribution is 0.881. The molecule has 0 bridgehead atoms. The molecular formula is C9H11N5. The summed E-state index contributed by atoms with van der Waals surface area (Å²) in [5, 5.41) is 16.9. The van der Waals surface area contributed by atoms with E-state index in [2.05, 4.69) is 25.9 Å². The Kier molecular flexibility index (Phi) is 2.40. The Morgan fingerprint density at radius 2 is 2.21 bits per heavy atom. The van der Waals surface area contributed by atoms with Crippen LogP contribution in [0.25, 0.3) is 0 Å². The average Bonchev–Trinajstić information content (AvgIpc) is 2.71. The largest absolute Gasteiger partial charge is 0.388 e. The van der Waals surface area contributed by atoms with Crippen LogP contribution in [-0.2, 0) is 6.42 Å². The Bertz CT molecular complexity index is 395. The van der Waals surface area contributed by atoms with Crippen molar-refractivity contribution in [3.8, 4) is 0 Å². The fraction of sp³-hybridized carbons (Fsp3) is 0.222. The van der Waals surface area contributed by atoms with E-state index < -0.39 is 0 Å². The van der Waals surface area contributed by atoms with Gasteiger partial charge in [-0.1, -0.05) is 23.4 Å². The third-order valence-electron chi connectivity index (χ3n) is 2.02. The van der Waals surface area contributed by atoms with Gasteiger partial charge in [0.1, 0.15) is 0 Å². The quantitative estimate of drug-likeness (QED) is 0.750. The summed E-state index contributed by atoms with van der Waals surface area (Å²) in [4.78, 5) is 0. The SMILES string of the molecule is CNc1ccccc1Cc1nn[nH]n1. The highest BCUT2D eigenvalue weighted by Crippen LogP contribution is 2.16. The van der Waals surface area contributed by atoms with E-state index in [4.69, 9.17) is 0 Å². The number of tetrazole rings is 1. The van der Waals surface area contributed by atoms with E-state index >= 15 is 0 Å². The van der Waals surface area contributed by atoms with Crippen LogP contribution in [0.4, 0.5) is 5.69 Å². The molecule has 5 heteroatoms. The third-order valence-corrected chi connectivity index (χ3v) is 2.02. The number of benzene rings is 1. The topological polar surface area (TPSA) is 66.5 Å². The van der Waals surface area contributed by atoms with Crippen LogP contribution in [0.2, 0.25) is 0 Å². The smallest absolute Gasteiger partial charge is 0.178 e. The Morgan fingerprint density at radius 3 is 2.93 bits per heavy atom. The van der Waals surface area contributed by atoms with Crippen LogP contribution in [-0.4, -0.2) is 27.7 Å². The molecule has 0 fully saturated rings. The molecule has 0 amide bonds. The average molecular weight is 189 g/mol. The van der Waals surface area contributed by atoms with Crippen LogP contribution in [0.3, 0.4) is 0 Å². The lowest BCUT2D eigenvalue weighted by atomic mass is 10.1. The molecule has 0 radical (unpaired) electrons. The molecule has 1 heterocycles. The number of aromatic nitrogens is 4. The molecule has 72 valence electrons. The fourth-order valence-electron chi connectivity index (χ4n) is 1.35. The molecular weight excluding hydrogens is 178 g/mol. The van der Waals surface area contributed by atoms with Crippen molar-refractivity contribution >= 4 is 5.69 Å². The molecule has 0 saturated heterocycles. The van der Waals surface area contributed by atoms with Crippen molar-refractivity contribution in [1.29, 1.82) is 0 Å². The van der Waals surface area contributed by atoms with Crippen molar-refractivity contribution in [3.63, 3.8) is 0 Å². The predicted octanol–water partition coefficient (Wildman–Crippen LogP) is 0.832. The van der Waals surface area contributed by atoms with Crippen LogP contribution >= 0.6 is 0 Å². The van der Waals surface area contributed by atoms with E-state index in [-0.39, 0.29) is 0 Å². The zero-order valence-corrected chi connectivity index (χ0v) is 7.86. The number of hydrogen-bond donors (Lipinski definition) is 2. The number of H-pyrrole nitrogens is 1. The van der Waals surface area contributed by atoms with Crippen LogP contribution in [0, 0.1) is 0 Å². The van der Waals surface area contributed by atoms with Crippen LogP contribution in [0.5, 0.6) is 0 Å². The first-order valence-electron chi connectivity index (χ1n) is 4.38. The summed E-state index contributed by atoms with van der Waals surface area (Å²) in [6.45, 7) is 0. The van der Waals surface area contributed by atoms with E-state index in [1.807, 2.05) is 31.3 Å². The molecule has 2 aromatic rings. The van der Waals surface area contributed by atoms with Gasteiger partial charge in [-0.25, -0.2) is 0 Å². The summed E-state index contributed by atoms with van der Waals surface area (Å²) in [5.41, 5.74) is 2.26. The summed E-state index contributed by atoms with van der Waals surface area (Å²) in [7, 11) is 1.90. The van der Waals surface area contributed by atoms with Gasteiger partial charge in [-0.05, 0) is 11.6 Å². The second-order valence-electron chi connectivity index (χ2n) is 2.91. The fourth-order valence-corrected chi connectivity index (χ4v) is 1.35. The standard InChI is InChI=1S/C9H11N5/c1-10-8-5-3-2-4-7(8)6-9-11-13-14-12-9/h2-5,10H,6H2,1H3,(H,11,12,13,14). The second kappa shape index (κ2) is 3.87. The minimum absolute atomic E-state index is 0.688. The molecule has 14 heavy (non-hydrogen) atoms. The van der Waals surface area contributed by atoms with Gasteiger partial charge in [-0.3, -0.25) is 0 Å². The normalized spacial score (nSPS) is 10.1. The molecule has 0 aliphatic heterocycles. The number of para-hydroxylation sites is 1. The number of hydrogen-bond acceptors (Lipinski definition) is 4. The summed E-state index contributed by atoms with van der Waals surface area (Å²) in [5.74, 6) is 0.702. The molecule has 0 unspecified atom stereocenters. The summed E-state index contributed by atoms with van der Waals surface area (Å²) in [6, 6.07) is 8.05. The maximum absolute atomic E-state index is 3.91. The van der Waals surface area contributed by atoms with Gasteiger partial charge in [0.2, 0.25) is 0 Å². The summed E-state index contributed by atoms with van der Waals surface area (Å²) >= 11 is 0. The minimum Gasteiger partial charge on any atom is -0.388 e.